The van der Waals surface area contributed by atoms with Gasteiger partial charge in [0.1, 0.15) is 0 Å². The van der Waals surface area contributed by atoms with Crippen molar-refractivity contribution in [2.75, 3.05) is 6.61 Å². The summed E-state index contributed by atoms with van der Waals surface area (Å²) >= 11 is 3.52. The van der Waals surface area contributed by atoms with Gasteiger partial charge in [0.05, 0.1) is 18.8 Å². The highest BCUT2D eigenvalue weighted by Gasteiger charge is 2.24. The summed E-state index contributed by atoms with van der Waals surface area (Å²) in [5.41, 5.74) is 4.66. The largest absolute Gasteiger partial charge is 0.388 e. The smallest absolute Gasteiger partial charge is 0.0855 e. The summed E-state index contributed by atoms with van der Waals surface area (Å²) in [6.45, 7) is 2.77. The van der Waals surface area contributed by atoms with Crippen LogP contribution in [0.2, 0.25) is 0 Å². The van der Waals surface area contributed by atoms with Crippen molar-refractivity contribution in [2.24, 2.45) is 0 Å². The molecule has 21 heavy (non-hydrogen) atoms. The molecular formula is C18H19BrO2. The topological polar surface area (TPSA) is 29.5 Å². The van der Waals surface area contributed by atoms with Crippen LogP contribution in [0.3, 0.4) is 0 Å². The molecule has 0 bridgehead atoms. The molecule has 1 heterocycles. The van der Waals surface area contributed by atoms with Gasteiger partial charge in [0.25, 0.3) is 0 Å². The Morgan fingerprint density at radius 3 is 2.90 bits per heavy atom. The lowest BCUT2D eigenvalue weighted by molar-refractivity contribution is 0.00376. The minimum Gasteiger partial charge on any atom is -0.388 e. The summed E-state index contributed by atoms with van der Waals surface area (Å²) in [6.07, 6.45) is 1.01. The van der Waals surface area contributed by atoms with Gasteiger partial charge >= 0.3 is 0 Å². The molecule has 0 saturated carbocycles. The summed E-state index contributed by atoms with van der Waals surface area (Å²) in [5.74, 6) is 0. The van der Waals surface area contributed by atoms with Gasteiger partial charge in [-0.1, -0.05) is 52.3 Å². The molecule has 110 valence electrons. The van der Waals surface area contributed by atoms with E-state index < -0.39 is 6.10 Å². The first-order chi connectivity index (χ1) is 10.1. The van der Waals surface area contributed by atoms with Crippen LogP contribution in [-0.4, -0.2) is 11.7 Å². The molecule has 0 aromatic heterocycles. The highest BCUT2D eigenvalue weighted by molar-refractivity contribution is 9.10. The second kappa shape index (κ2) is 6.30. The zero-order valence-corrected chi connectivity index (χ0v) is 13.6. The van der Waals surface area contributed by atoms with Crippen LogP contribution in [0, 0.1) is 6.92 Å². The summed E-state index contributed by atoms with van der Waals surface area (Å²) in [7, 11) is 0. The Morgan fingerprint density at radius 1 is 1.29 bits per heavy atom. The summed E-state index contributed by atoms with van der Waals surface area (Å²) in [6, 6.07) is 14.4. The molecule has 1 N–H and O–H groups in total. The van der Waals surface area contributed by atoms with Crippen molar-refractivity contribution in [3.05, 3.63) is 69.2 Å². The van der Waals surface area contributed by atoms with E-state index in [1.165, 1.54) is 16.7 Å². The molecule has 3 rings (SSSR count). The lowest BCUT2D eigenvalue weighted by Gasteiger charge is -2.28. The second-order valence-electron chi connectivity index (χ2n) is 5.57. The number of aryl methyl sites for hydroxylation is 1. The third-order valence-corrected chi connectivity index (χ3v) is 4.96. The molecule has 0 spiro atoms. The van der Waals surface area contributed by atoms with Gasteiger partial charge in [-0.25, -0.2) is 0 Å². The highest BCUT2D eigenvalue weighted by atomic mass is 79.9. The average molecular weight is 347 g/mol. The van der Waals surface area contributed by atoms with E-state index in [0.717, 1.165) is 23.1 Å². The van der Waals surface area contributed by atoms with E-state index in [0.29, 0.717) is 6.42 Å². The number of aliphatic hydroxyl groups is 1. The monoisotopic (exact) mass is 346 g/mol. The van der Waals surface area contributed by atoms with Crippen molar-refractivity contribution < 1.29 is 9.84 Å². The van der Waals surface area contributed by atoms with E-state index in [-0.39, 0.29) is 6.10 Å². The van der Waals surface area contributed by atoms with Crippen molar-refractivity contribution in [1.82, 2.24) is 0 Å². The zero-order valence-electron chi connectivity index (χ0n) is 12.1. The number of rotatable bonds is 3. The van der Waals surface area contributed by atoms with Crippen LogP contribution in [0.5, 0.6) is 0 Å². The Balaban J connectivity index is 1.79. The van der Waals surface area contributed by atoms with Gasteiger partial charge < -0.3 is 9.84 Å². The van der Waals surface area contributed by atoms with E-state index in [9.17, 15) is 5.11 Å². The molecule has 2 aromatic rings. The Labute approximate surface area is 133 Å². The quantitative estimate of drug-likeness (QED) is 0.886. The first-order valence-electron chi connectivity index (χ1n) is 7.28. The number of fused-ring (bicyclic) bond motifs is 1. The van der Waals surface area contributed by atoms with Gasteiger partial charge in [-0.3, -0.25) is 0 Å². The lowest BCUT2D eigenvalue weighted by atomic mass is 9.92. The fourth-order valence-electron chi connectivity index (χ4n) is 2.83. The molecule has 0 aliphatic carbocycles. The van der Waals surface area contributed by atoms with E-state index in [2.05, 4.69) is 34.1 Å². The van der Waals surface area contributed by atoms with E-state index in [1.807, 2.05) is 31.2 Å². The van der Waals surface area contributed by atoms with Crippen LogP contribution in [0.1, 0.15) is 40.9 Å². The summed E-state index contributed by atoms with van der Waals surface area (Å²) < 4.78 is 6.91. The van der Waals surface area contributed by atoms with Crippen molar-refractivity contribution in [3.8, 4) is 0 Å². The van der Waals surface area contributed by atoms with Crippen molar-refractivity contribution in [2.45, 2.75) is 32.0 Å². The molecule has 0 amide bonds. The normalized spacial score (nSPS) is 19.1. The molecule has 2 aromatic carbocycles. The van der Waals surface area contributed by atoms with Crippen molar-refractivity contribution in [3.63, 3.8) is 0 Å². The predicted molar refractivity (Wildman–Crippen MR) is 87.3 cm³/mol. The Morgan fingerprint density at radius 2 is 2.10 bits per heavy atom. The first-order valence-corrected chi connectivity index (χ1v) is 8.08. The van der Waals surface area contributed by atoms with E-state index >= 15 is 0 Å². The maximum atomic E-state index is 10.5. The van der Waals surface area contributed by atoms with Gasteiger partial charge in [0.15, 0.2) is 0 Å². The highest BCUT2D eigenvalue weighted by Crippen LogP contribution is 2.35. The van der Waals surface area contributed by atoms with Crippen LogP contribution in [0.4, 0.5) is 0 Å². The molecule has 1 aliphatic rings. The molecule has 0 fully saturated rings. The molecule has 1 aliphatic heterocycles. The minimum absolute atomic E-state index is 0.0231. The molecular weight excluding hydrogens is 328 g/mol. The van der Waals surface area contributed by atoms with Crippen LogP contribution in [0.25, 0.3) is 0 Å². The van der Waals surface area contributed by atoms with Crippen LogP contribution >= 0.6 is 15.9 Å². The third-order valence-electron chi connectivity index (χ3n) is 4.11. The van der Waals surface area contributed by atoms with Gasteiger partial charge in [0, 0.05) is 10.9 Å². The molecule has 3 heteroatoms. The Hall–Kier alpha value is -1.16. The van der Waals surface area contributed by atoms with Crippen LogP contribution in [-0.2, 0) is 11.2 Å². The Bertz CT molecular complexity index is 639. The van der Waals surface area contributed by atoms with Gasteiger partial charge in [-0.2, -0.15) is 0 Å². The summed E-state index contributed by atoms with van der Waals surface area (Å²) in [4.78, 5) is 0. The molecule has 0 saturated heterocycles. The van der Waals surface area contributed by atoms with E-state index in [1.54, 1.807) is 0 Å². The fraction of sp³-hybridized carbons (Fsp3) is 0.333. The molecule has 2 atom stereocenters. The standard InChI is InChI=1S/C18H19BrO2/c1-12-6-7-14(10-16(12)19)17(20)11-18-15-5-3-2-4-13(15)8-9-21-18/h2-7,10,17-18,20H,8-9,11H2,1H3. The average Bonchev–Trinajstić information content (AvgIpc) is 2.50. The minimum atomic E-state index is -0.516. The number of aliphatic hydroxyl groups excluding tert-OH is 1. The van der Waals surface area contributed by atoms with Gasteiger partial charge in [0.2, 0.25) is 0 Å². The molecule has 0 radical (unpaired) electrons. The maximum absolute atomic E-state index is 10.5. The van der Waals surface area contributed by atoms with E-state index in [4.69, 9.17) is 4.74 Å². The number of hydrogen-bond acceptors (Lipinski definition) is 2. The van der Waals surface area contributed by atoms with Crippen LogP contribution in [0.15, 0.2) is 46.9 Å². The zero-order chi connectivity index (χ0) is 14.8. The third kappa shape index (κ3) is 3.20. The fourth-order valence-corrected chi connectivity index (χ4v) is 3.22. The van der Waals surface area contributed by atoms with Crippen LogP contribution < -0.4 is 0 Å². The predicted octanol–water partition coefficient (Wildman–Crippen LogP) is 4.50. The number of ether oxygens (including phenoxy) is 1. The molecule has 2 unspecified atom stereocenters. The lowest BCUT2D eigenvalue weighted by Crippen LogP contribution is -2.18. The Kier molecular flexibility index (Phi) is 4.43. The van der Waals surface area contributed by atoms with Crippen molar-refractivity contribution in [1.29, 1.82) is 0 Å². The first kappa shape index (κ1) is 14.8. The number of halogens is 1. The SMILES string of the molecule is Cc1ccc(C(O)CC2OCCc3ccccc32)cc1Br. The summed E-state index contributed by atoms with van der Waals surface area (Å²) in [5, 5.41) is 10.5. The number of benzene rings is 2. The number of hydrogen-bond donors (Lipinski definition) is 1. The second-order valence-corrected chi connectivity index (χ2v) is 6.42. The van der Waals surface area contributed by atoms with Gasteiger partial charge in [-0.15, -0.1) is 0 Å². The maximum Gasteiger partial charge on any atom is 0.0855 e. The molecule has 2 nitrogen and oxygen atoms in total. The van der Waals surface area contributed by atoms with Crippen molar-refractivity contribution >= 4 is 15.9 Å². The van der Waals surface area contributed by atoms with Gasteiger partial charge in [-0.05, 0) is 41.7 Å².